The minimum absolute atomic E-state index is 0.534. The van der Waals surface area contributed by atoms with Crippen molar-refractivity contribution in [3.63, 3.8) is 0 Å². The van der Waals surface area contributed by atoms with E-state index in [1.54, 1.807) is 0 Å². The van der Waals surface area contributed by atoms with Crippen molar-refractivity contribution in [3.05, 3.63) is 206 Å². The van der Waals surface area contributed by atoms with Crippen LogP contribution < -0.4 is 0 Å². The molecular formula is C57H34N4O2. The van der Waals surface area contributed by atoms with E-state index in [-0.39, 0.29) is 0 Å². The first kappa shape index (κ1) is 35.2. The Kier molecular flexibility index (Phi) is 7.80. The molecule has 0 radical (unpaired) electrons. The lowest BCUT2D eigenvalue weighted by Gasteiger charge is -2.12. The second kappa shape index (κ2) is 14.0. The van der Waals surface area contributed by atoms with Crippen LogP contribution in [0.4, 0.5) is 0 Å². The van der Waals surface area contributed by atoms with Crippen LogP contribution in [-0.2, 0) is 0 Å². The summed E-state index contributed by atoms with van der Waals surface area (Å²) in [5, 5.41) is 6.43. The number of rotatable bonds is 6. The van der Waals surface area contributed by atoms with Crippen molar-refractivity contribution in [3.8, 4) is 62.1 Å². The lowest BCUT2D eigenvalue weighted by atomic mass is 9.92. The lowest BCUT2D eigenvalue weighted by Crippen LogP contribution is -2.00. The molecule has 0 fully saturated rings. The SMILES string of the molecule is c1ccc(-c2nc(-c3cccc4c3oc3ccccc34)nc(-c3cccc4oc5ccc(-c6ccccc6-c6ccc7c(c6)c6ccccc6n7-c6ccccc6)cc5c34)n2)cc1. The number of aromatic nitrogens is 4. The van der Waals surface area contributed by atoms with Gasteiger partial charge < -0.3 is 13.4 Å². The largest absolute Gasteiger partial charge is 0.456 e. The summed E-state index contributed by atoms with van der Waals surface area (Å²) < 4.78 is 15.4. The maximum Gasteiger partial charge on any atom is 0.167 e. The summed E-state index contributed by atoms with van der Waals surface area (Å²) in [6, 6.07) is 71.7. The van der Waals surface area contributed by atoms with Crippen LogP contribution in [0.1, 0.15) is 0 Å². The highest BCUT2D eigenvalue weighted by molar-refractivity contribution is 6.14. The molecule has 4 heterocycles. The highest BCUT2D eigenvalue weighted by Crippen LogP contribution is 2.42. The fraction of sp³-hybridized carbons (Fsp3) is 0. The monoisotopic (exact) mass is 806 g/mol. The molecular weight excluding hydrogens is 773 g/mol. The number of para-hydroxylation sites is 4. The van der Waals surface area contributed by atoms with E-state index < -0.39 is 0 Å². The Morgan fingerprint density at radius 3 is 1.70 bits per heavy atom. The molecule has 13 aromatic rings. The predicted octanol–water partition coefficient (Wildman–Crippen LogP) is 15.1. The molecule has 0 unspecified atom stereocenters. The quantitative estimate of drug-likeness (QED) is 0.167. The smallest absolute Gasteiger partial charge is 0.167 e. The van der Waals surface area contributed by atoms with Crippen LogP contribution in [0.3, 0.4) is 0 Å². The standard InChI is InChI=1S/C57H34N4O2/c1-3-15-35(16-4-1)55-58-56(60-57(59-55)45-25-13-23-43-42-22-10-12-27-50(42)63-54(43)45)44-24-14-28-52-53(44)47-34-37(30-32-51(47)62-52)40-20-8-7-19-39(40)36-29-31-49-46(33-36)41-21-9-11-26-48(41)61(49)38-17-5-2-6-18-38/h1-34H. The summed E-state index contributed by atoms with van der Waals surface area (Å²) in [7, 11) is 0. The zero-order chi connectivity index (χ0) is 41.4. The fourth-order valence-corrected chi connectivity index (χ4v) is 9.42. The van der Waals surface area contributed by atoms with Crippen LogP contribution >= 0.6 is 0 Å². The molecule has 0 saturated carbocycles. The van der Waals surface area contributed by atoms with E-state index in [1.807, 2.05) is 72.8 Å². The maximum atomic E-state index is 6.58. The third-order valence-corrected chi connectivity index (χ3v) is 12.3. The van der Waals surface area contributed by atoms with Crippen LogP contribution in [0.5, 0.6) is 0 Å². The molecule has 294 valence electrons. The number of furan rings is 2. The second-order valence-corrected chi connectivity index (χ2v) is 15.9. The summed E-state index contributed by atoms with van der Waals surface area (Å²) in [5.41, 5.74) is 13.7. The molecule has 0 bridgehead atoms. The molecule has 0 aliphatic carbocycles. The van der Waals surface area contributed by atoms with Crippen LogP contribution in [0.15, 0.2) is 215 Å². The van der Waals surface area contributed by atoms with Gasteiger partial charge in [0.15, 0.2) is 17.5 Å². The Morgan fingerprint density at radius 2 is 0.873 bits per heavy atom. The molecule has 0 aliphatic rings. The van der Waals surface area contributed by atoms with Gasteiger partial charge in [-0.1, -0.05) is 146 Å². The van der Waals surface area contributed by atoms with E-state index in [1.165, 1.54) is 21.8 Å². The number of benzene rings is 9. The van der Waals surface area contributed by atoms with Gasteiger partial charge in [0, 0.05) is 49.1 Å². The summed E-state index contributed by atoms with van der Waals surface area (Å²) >= 11 is 0. The maximum absolute atomic E-state index is 6.58. The Morgan fingerprint density at radius 1 is 0.317 bits per heavy atom. The molecule has 0 amide bonds. The number of hydrogen-bond donors (Lipinski definition) is 0. The molecule has 0 N–H and O–H groups in total. The zero-order valence-corrected chi connectivity index (χ0v) is 33.7. The van der Waals surface area contributed by atoms with Crippen molar-refractivity contribution in [2.75, 3.05) is 0 Å². The topological polar surface area (TPSA) is 69.9 Å². The van der Waals surface area contributed by atoms with Crippen molar-refractivity contribution in [1.29, 1.82) is 0 Å². The van der Waals surface area contributed by atoms with E-state index in [4.69, 9.17) is 23.8 Å². The van der Waals surface area contributed by atoms with Gasteiger partial charge in [0.05, 0.1) is 16.6 Å². The number of nitrogens with zero attached hydrogens (tertiary/aromatic N) is 4. The van der Waals surface area contributed by atoms with Crippen molar-refractivity contribution < 1.29 is 8.83 Å². The zero-order valence-electron chi connectivity index (χ0n) is 33.7. The van der Waals surface area contributed by atoms with Gasteiger partial charge in [-0.25, -0.2) is 15.0 Å². The lowest BCUT2D eigenvalue weighted by molar-refractivity contribution is 0.668. The average molecular weight is 807 g/mol. The molecule has 0 saturated heterocycles. The summed E-state index contributed by atoms with van der Waals surface area (Å²) in [5.74, 6) is 1.66. The van der Waals surface area contributed by atoms with Gasteiger partial charge >= 0.3 is 0 Å². The van der Waals surface area contributed by atoms with Crippen LogP contribution in [-0.4, -0.2) is 19.5 Å². The summed E-state index contributed by atoms with van der Waals surface area (Å²) in [6.45, 7) is 0. The average Bonchev–Trinajstić information content (AvgIpc) is 4.04. The molecule has 0 aliphatic heterocycles. The Bertz CT molecular complexity index is 3920. The summed E-state index contributed by atoms with van der Waals surface area (Å²) in [6.07, 6.45) is 0. The van der Waals surface area contributed by atoms with Crippen molar-refractivity contribution in [1.82, 2.24) is 19.5 Å². The first-order valence-corrected chi connectivity index (χ1v) is 21.1. The molecule has 4 aromatic heterocycles. The van der Waals surface area contributed by atoms with Gasteiger partial charge in [-0.05, 0) is 82.9 Å². The fourth-order valence-electron chi connectivity index (χ4n) is 9.42. The van der Waals surface area contributed by atoms with Crippen LogP contribution in [0, 0.1) is 0 Å². The van der Waals surface area contributed by atoms with Crippen LogP contribution in [0.2, 0.25) is 0 Å². The van der Waals surface area contributed by atoms with E-state index in [2.05, 4.69) is 138 Å². The number of hydrogen-bond acceptors (Lipinski definition) is 5. The van der Waals surface area contributed by atoms with Crippen LogP contribution in [0.25, 0.3) is 128 Å². The molecule has 13 rings (SSSR count). The molecule has 9 aromatic carbocycles. The Labute approximate surface area is 361 Å². The molecule has 0 spiro atoms. The van der Waals surface area contributed by atoms with Crippen molar-refractivity contribution >= 4 is 65.7 Å². The van der Waals surface area contributed by atoms with Gasteiger partial charge in [0.25, 0.3) is 0 Å². The van der Waals surface area contributed by atoms with Gasteiger partial charge in [0.1, 0.15) is 22.3 Å². The highest BCUT2D eigenvalue weighted by Gasteiger charge is 2.21. The van der Waals surface area contributed by atoms with E-state index >= 15 is 0 Å². The Hall–Kier alpha value is -8.61. The van der Waals surface area contributed by atoms with E-state index in [0.717, 1.165) is 88.5 Å². The minimum Gasteiger partial charge on any atom is -0.456 e. The Balaban J connectivity index is 0.982. The third kappa shape index (κ3) is 5.62. The van der Waals surface area contributed by atoms with Gasteiger partial charge in [0.2, 0.25) is 0 Å². The first-order valence-electron chi connectivity index (χ1n) is 21.1. The highest BCUT2D eigenvalue weighted by atomic mass is 16.3. The van der Waals surface area contributed by atoms with Gasteiger partial charge in [-0.2, -0.15) is 0 Å². The molecule has 0 atom stereocenters. The van der Waals surface area contributed by atoms with Crippen molar-refractivity contribution in [2.45, 2.75) is 0 Å². The van der Waals surface area contributed by atoms with E-state index in [9.17, 15) is 0 Å². The normalized spacial score (nSPS) is 11.8. The summed E-state index contributed by atoms with van der Waals surface area (Å²) in [4.78, 5) is 15.5. The van der Waals surface area contributed by atoms with Crippen molar-refractivity contribution in [2.24, 2.45) is 0 Å². The van der Waals surface area contributed by atoms with Gasteiger partial charge in [-0.15, -0.1) is 0 Å². The first-order chi connectivity index (χ1) is 31.2. The second-order valence-electron chi connectivity index (χ2n) is 15.9. The molecule has 6 heteroatoms. The third-order valence-electron chi connectivity index (χ3n) is 12.3. The molecule has 6 nitrogen and oxygen atoms in total. The minimum atomic E-state index is 0.534. The molecule has 63 heavy (non-hydrogen) atoms. The number of fused-ring (bicyclic) bond motifs is 9. The van der Waals surface area contributed by atoms with E-state index in [0.29, 0.717) is 17.5 Å². The predicted molar refractivity (Wildman–Crippen MR) is 256 cm³/mol. The van der Waals surface area contributed by atoms with Gasteiger partial charge in [-0.3, -0.25) is 0 Å².